The summed E-state index contributed by atoms with van der Waals surface area (Å²) in [6.45, 7) is 12.1. The van der Waals surface area contributed by atoms with Crippen molar-refractivity contribution in [3.63, 3.8) is 0 Å². The van der Waals surface area contributed by atoms with Gasteiger partial charge >= 0.3 is 0 Å². The maximum atomic E-state index is 5.83. The Morgan fingerprint density at radius 3 is 2.55 bits per heavy atom. The number of hydrogen-bond acceptors (Lipinski definition) is 4. The standard InChI is InChI=1S/C22H35N5O.HI/c1-4-23-21(26-11-10-22(16-26)8-5-9-22)25-13-19-6-7-20(24-12-19)27-14-17(2)28-18(3)15-27;/h6-7,12,17-18H,4-5,8-11,13-16H2,1-3H3,(H,23,25);1H. The lowest BCUT2D eigenvalue weighted by Crippen LogP contribution is -2.45. The third kappa shape index (κ3) is 5.34. The third-order valence-corrected chi connectivity index (χ3v) is 6.45. The summed E-state index contributed by atoms with van der Waals surface area (Å²) >= 11 is 0. The number of aliphatic imine (C=N–C) groups is 1. The Bertz CT molecular complexity index is 681. The van der Waals surface area contributed by atoms with Gasteiger partial charge in [0.2, 0.25) is 0 Å². The molecule has 3 fully saturated rings. The molecule has 7 heteroatoms. The van der Waals surface area contributed by atoms with E-state index in [4.69, 9.17) is 14.7 Å². The predicted octanol–water partition coefficient (Wildman–Crippen LogP) is 3.65. The molecule has 4 rings (SSSR count). The van der Waals surface area contributed by atoms with E-state index in [1.165, 1.54) is 32.2 Å². The van der Waals surface area contributed by atoms with Gasteiger partial charge in [-0.15, -0.1) is 24.0 Å². The van der Waals surface area contributed by atoms with E-state index in [2.05, 4.69) is 48.0 Å². The van der Waals surface area contributed by atoms with Crippen LogP contribution in [0.2, 0.25) is 0 Å². The molecule has 0 amide bonds. The number of halogens is 1. The molecule has 2 saturated heterocycles. The van der Waals surface area contributed by atoms with E-state index in [1.807, 2.05) is 6.20 Å². The van der Waals surface area contributed by atoms with Crippen LogP contribution in [0.25, 0.3) is 0 Å². The first kappa shape index (κ1) is 22.6. The minimum Gasteiger partial charge on any atom is -0.372 e. The smallest absolute Gasteiger partial charge is 0.194 e. The summed E-state index contributed by atoms with van der Waals surface area (Å²) in [6.07, 6.45) is 7.99. The van der Waals surface area contributed by atoms with Crippen molar-refractivity contribution in [3.8, 4) is 0 Å². The van der Waals surface area contributed by atoms with Crippen molar-refractivity contribution < 1.29 is 4.74 Å². The first-order chi connectivity index (χ1) is 13.6. The summed E-state index contributed by atoms with van der Waals surface area (Å²) in [7, 11) is 0. The summed E-state index contributed by atoms with van der Waals surface area (Å²) in [5, 5.41) is 3.49. The third-order valence-electron chi connectivity index (χ3n) is 6.45. The second kappa shape index (κ2) is 9.81. The number of nitrogens with zero attached hydrogens (tertiary/aromatic N) is 4. The van der Waals surface area contributed by atoms with Crippen molar-refractivity contribution >= 4 is 35.8 Å². The van der Waals surface area contributed by atoms with Crippen molar-refractivity contribution in [1.82, 2.24) is 15.2 Å². The largest absolute Gasteiger partial charge is 0.372 e. The van der Waals surface area contributed by atoms with Gasteiger partial charge in [-0.25, -0.2) is 9.98 Å². The molecule has 1 spiro atoms. The van der Waals surface area contributed by atoms with E-state index in [1.54, 1.807) is 0 Å². The van der Waals surface area contributed by atoms with Crippen LogP contribution in [-0.4, -0.2) is 60.8 Å². The highest BCUT2D eigenvalue weighted by Crippen LogP contribution is 2.47. The summed E-state index contributed by atoms with van der Waals surface area (Å²) in [5.41, 5.74) is 1.75. The molecule has 0 bridgehead atoms. The molecule has 2 atom stereocenters. The highest BCUT2D eigenvalue weighted by Gasteiger charge is 2.43. The Kier molecular flexibility index (Phi) is 7.64. The molecule has 162 valence electrons. The number of guanidine groups is 1. The second-order valence-corrected chi connectivity index (χ2v) is 8.88. The second-order valence-electron chi connectivity index (χ2n) is 8.88. The molecule has 1 saturated carbocycles. The Morgan fingerprint density at radius 2 is 2.00 bits per heavy atom. The molecule has 1 aliphatic carbocycles. The molecule has 1 aromatic heterocycles. The lowest BCUT2D eigenvalue weighted by Gasteiger charge is -2.38. The molecule has 0 radical (unpaired) electrons. The van der Waals surface area contributed by atoms with Crippen LogP contribution in [-0.2, 0) is 11.3 Å². The number of likely N-dealkylation sites (tertiary alicyclic amines) is 1. The SMILES string of the molecule is CCNC(=NCc1ccc(N2CC(C)OC(C)C2)nc1)N1CCC2(CCC2)C1.I. The normalized spacial score (nSPS) is 26.2. The first-order valence-corrected chi connectivity index (χ1v) is 11.0. The molecular formula is C22H36IN5O. The fourth-order valence-corrected chi connectivity index (χ4v) is 4.86. The molecule has 6 nitrogen and oxygen atoms in total. The minimum atomic E-state index is 0. The number of aromatic nitrogens is 1. The van der Waals surface area contributed by atoms with Gasteiger partial charge in [-0.05, 0) is 57.1 Å². The fourth-order valence-electron chi connectivity index (χ4n) is 4.86. The van der Waals surface area contributed by atoms with Gasteiger partial charge in [0.15, 0.2) is 5.96 Å². The number of anilines is 1. The van der Waals surface area contributed by atoms with Crippen LogP contribution in [0.15, 0.2) is 23.3 Å². The summed E-state index contributed by atoms with van der Waals surface area (Å²) in [6, 6.07) is 4.29. The summed E-state index contributed by atoms with van der Waals surface area (Å²) in [5.74, 6) is 2.10. The van der Waals surface area contributed by atoms with Crippen LogP contribution in [0.4, 0.5) is 5.82 Å². The molecule has 3 heterocycles. The van der Waals surface area contributed by atoms with E-state index < -0.39 is 0 Å². The number of rotatable bonds is 4. The number of nitrogens with one attached hydrogen (secondary N) is 1. The van der Waals surface area contributed by atoms with Crippen LogP contribution in [0.1, 0.15) is 52.0 Å². The summed E-state index contributed by atoms with van der Waals surface area (Å²) < 4.78 is 5.83. The van der Waals surface area contributed by atoms with Gasteiger partial charge < -0.3 is 19.9 Å². The number of hydrogen-bond donors (Lipinski definition) is 1. The van der Waals surface area contributed by atoms with Crippen LogP contribution < -0.4 is 10.2 Å². The minimum absolute atomic E-state index is 0. The molecule has 0 aromatic carbocycles. The average molecular weight is 513 g/mol. The summed E-state index contributed by atoms with van der Waals surface area (Å²) in [4.78, 5) is 14.4. The van der Waals surface area contributed by atoms with Gasteiger partial charge in [-0.3, -0.25) is 0 Å². The number of morpholine rings is 1. The van der Waals surface area contributed by atoms with Gasteiger partial charge in [0.1, 0.15) is 5.82 Å². The number of pyridine rings is 1. The Balaban J connectivity index is 0.00000240. The van der Waals surface area contributed by atoms with E-state index in [0.717, 1.165) is 43.5 Å². The lowest BCUT2D eigenvalue weighted by molar-refractivity contribution is -0.00545. The van der Waals surface area contributed by atoms with E-state index in [9.17, 15) is 0 Å². The Morgan fingerprint density at radius 1 is 1.24 bits per heavy atom. The van der Waals surface area contributed by atoms with Crippen molar-refractivity contribution in [2.75, 3.05) is 37.6 Å². The molecule has 1 N–H and O–H groups in total. The molecule has 2 aliphatic heterocycles. The van der Waals surface area contributed by atoms with Gasteiger partial charge in [0.05, 0.1) is 18.8 Å². The van der Waals surface area contributed by atoms with Crippen LogP contribution in [0.5, 0.6) is 0 Å². The quantitative estimate of drug-likeness (QED) is 0.379. The maximum Gasteiger partial charge on any atom is 0.194 e. The molecule has 29 heavy (non-hydrogen) atoms. The van der Waals surface area contributed by atoms with Gasteiger partial charge in [0.25, 0.3) is 0 Å². The molecular weight excluding hydrogens is 477 g/mol. The van der Waals surface area contributed by atoms with Crippen molar-refractivity contribution in [1.29, 1.82) is 0 Å². The van der Waals surface area contributed by atoms with Crippen molar-refractivity contribution in [2.24, 2.45) is 10.4 Å². The number of ether oxygens (including phenoxy) is 1. The van der Waals surface area contributed by atoms with Gasteiger partial charge in [-0.1, -0.05) is 12.5 Å². The Hall–Kier alpha value is -1.09. The van der Waals surface area contributed by atoms with Crippen LogP contribution in [0.3, 0.4) is 0 Å². The fraction of sp³-hybridized carbons (Fsp3) is 0.727. The zero-order valence-electron chi connectivity index (χ0n) is 18.1. The average Bonchev–Trinajstić information content (AvgIpc) is 3.11. The van der Waals surface area contributed by atoms with Gasteiger partial charge in [-0.2, -0.15) is 0 Å². The van der Waals surface area contributed by atoms with E-state index in [-0.39, 0.29) is 36.2 Å². The maximum absolute atomic E-state index is 5.83. The zero-order chi connectivity index (χ0) is 19.6. The van der Waals surface area contributed by atoms with Crippen molar-refractivity contribution in [3.05, 3.63) is 23.9 Å². The highest BCUT2D eigenvalue weighted by molar-refractivity contribution is 14.0. The highest BCUT2D eigenvalue weighted by atomic mass is 127. The molecule has 3 aliphatic rings. The zero-order valence-corrected chi connectivity index (χ0v) is 20.4. The Labute approximate surface area is 192 Å². The van der Waals surface area contributed by atoms with E-state index in [0.29, 0.717) is 12.0 Å². The molecule has 1 aromatic rings. The van der Waals surface area contributed by atoms with E-state index >= 15 is 0 Å². The molecule has 2 unspecified atom stereocenters. The topological polar surface area (TPSA) is 53.0 Å². The van der Waals surface area contributed by atoms with Gasteiger partial charge in [0, 0.05) is 38.9 Å². The van der Waals surface area contributed by atoms with Crippen LogP contribution >= 0.6 is 24.0 Å². The lowest BCUT2D eigenvalue weighted by atomic mass is 9.68. The first-order valence-electron chi connectivity index (χ1n) is 11.0. The van der Waals surface area contributed by atoms with Crippen molar-refractivity contribution in [2.45, 2.75) is 65.2 Å². The monoisotopic (exact) mass is 513 g/mol. The van der Waals surface area contributed by atoms with Crippen LogP contribution in [0, 0.1) is 5.41 Å². The predicted molar refractivity (Wildman–Crippen MR) is 129 cm³/mol.